The van der Waals surface area contributed by atoms with Crippen molar-refractivity contribution in [3.05, 3.63) is 24.3 Å². The normalized spacial score (nSPS) is 14.4. The number of aromatic nitrogens is 2. The molecule has 0 saturated heterocycles. The Morgan fingerprint density at radius 1 is 1.14 bits per heavy atom. The van der Waals surface area contributed by atoms with E-state index in [1.54, 1.807) is 0 Å². The van der Waals surface area contributed by atoms with Crippen LogP contribution in [0, 0.1) is 0 Å². The molecule has 1 amide bonds. The van der Waals surface area contributed by atoms with Crippen LogP contribution in [0.4, 0.5) is 5.13 Å². The second kappa shape index (κ2) is 11.9. The lowest BCUT2D eigenvalue weighted by Gasteiger charge is -2.21. The highest BCUT2D eigenvalue weighted by Crippen LogP contribution is 2.28. The number of hydrogen-bond acceptors (Lipinski definition) is 8. The number of rotatable bonds is 11. The van der Waals surface area contributed by atoms with Crippen LogP contribution < -0.4 is 20.1 Å². The van der Waals surface area contributed by atoms with Gasteiger partial charge in [0.15, 0.2) is 4.34 Å². The predicted molar refractivity (Wildman–Crippen MR) is 117 cm³/mol. The lowest BCUT2D eigenvalue weighted by molar-refractivity contribution is -0.118. The van der Waals surface area contributed by atoms with Gasteiger partial charge in [0.05, 0.1) is 18.9 Å². The van der Waals surface area contributed by atoms with Crippen molar-refractivity contribution in [1.82, 2.24) is 15.5 Å². The Morgan fingerprint density at radius 3 is 2.59 bits per heavy atom. The minimum absolute atomic E-state index is 0.0396. The van der Waals surface area contributed by atoms with Crippen molar-refractivity contribution >= 4 is 34.1 Å². The fourth-order valence-electron chi connectivity index (χ4n) is 3.08. The molecule has 1 aromatic heterocycles. The van der Waals surface area contributed by atoms with Gasteiger partial charge < -0.3 is 20.1 Å². The van der Waals surface area contributed by atoms with Gasteiger partial charge in [-0.3, -0.25) is 4.79 Å². The molecular formula is C20H28N4O3S2. The molecule has 2 N–H and O–H groups in total. The predicted octanol–water partition coefficient (Wildman–Crippen LogP) is 3.97. The summed E-state index contributed by atoms with van der Waals surface area (Å²) >= 11 is 2.92. The van der Waals surface area contributed by atoms with E-state index < -0.39 is 0 Å². The molecule has 0 unspecified atom stereocenters. The average Bonchev–Trinajstić information content (AvgIpc) is 3.19. The number of anilines is 1. The van der Waals surface area contributed by atoms with E-state index in [4.69, 9.17) is 9.47 Å². The first-order valence-corrected chi connectivity index (χ1v) is 11.9. The summed E-state index contributed by atoms with van der Waals surface area (Å²) in [5.74, 6) is 1.85. The van der Waals surface area contributed by atoms with Gasteiger partial charge in [-0.25, -0.2) is 0 Å². The van der Waals surface area contributed by atoms with Gasteiger partial charge in [-0.1, -0.05) is 42.4 Å². The van der Waals surface area contributed by atoms with Crippen molar-refractivity contribution in [3.63, 3.8) is 0 Å². The molecule has 7 nitrogen and oxygen atoms in total. The summed E-state index contributed by atoms with van der Waals surface area (Å²) in [6.07, 6.45) is 6.28. The van der Waals surface area contributed by atoms with E-state index in [0.717, 1.165) is 21.0 Å². The van der Waals surface area contributed by atoms with E-state index in [9.17, 15) is 4.79 Å². The minimum atomic E-state index is -0.0396. The van der Waals surface area contributed by atoms with Gasteiger partial charge in [0.1, 0.15) is 18.1 Å². The number of hydrogen-bond donors (Lipinski definition) is 2. The molecule has 9 heteroatoms. The zero-order valence-corrected chi connectivity index (χ0v) is 18.3. The summed E-state index contributed by atoms with van der Waals surface area (Å²) in [7, 11) is 0. The molecule has 1 aliphatic carbocycles. The van der Waals surface area contributed by atoms with Crippen LogP contribution in [-0.2, 0) is 4.79 Å². The Bertz CT molecular complexity index is 748. The standard InChI is InChI=1S/C20H28N4O3S2/c1-2-26-16-8-10-17(11-9-16)27-13-12-21-18(25)14-28-20-24-23-19(29-20)22-15-6-4-3-5-7-15/h8-11,15H,2-7,12-14H2,1H3,(H,21,25)(H,22,23). The highest BCUT2D eigenvalue weighted by molar-refractivity contribution is 8.01. The number of benzene rings is 1. The van der Waals surface area contributed by atoms with Crippen LogP contribution in [0.25, 0.3) is 0 Å². The third kappa shape index (κ3) is 7.74. The molecule has 1 aliphatic rings. The first kappa shape index (κ1) is 21.7. The third-order valence-corrected chi connectivity index (χ3v) is 6.48. The smallest absolute Gasteiger partial charge is 0.230 e. The summed E-state index contributed by atoms with van der Waals surface area (Å²) in [4.78, 5) is 12.0. The lowest BCUT2D eigenvalue weighted by atomic mass is 9.96. The van der Waals surface area contributed by atoms with Crippen molar-refractivity contribution < 1.29 is 14.3 Å². The Hall–Kier alpha value is -2.00. The number of ether oxygens (including phenoxy) is 2. The number of thioether (sulfide) groups is 1. The van der Waals surface area contributed by atoms with Crippen LogP contribution in [0.2, 0.25) is 0 Å². The molecule has 3 rings (SSSR count). The molecule has 1 saturated carbocycles. The van der Waals surface area contributed by atoms with Crippen molar-refractivity contribution in [3.8, 4) is 11.5 Å². The molecule has 2 aromatic rings. The van der Waals surface area contributed by atoms with Crippen molar-refractivity contribution in [2.45, 2.75) is 49.4 Å². The maximum Gasteiger partial charge on any atom is 0.230 e. The molecule has 1 fully saturated rings. The SMILES string of the molecule is CCOc1ccc(OCCNC(=O)CSc2nnc(NC3CCCCC3)s2)cc1. The summed E-state index contributed by atoms with van der Waals surface area (Å²) < 4.78 is 11.8. The van der Waals surface area contributed by atoms with E-state index in [-0.39, 0.29) is 5.91 Å². The Kier molecular flexibility index (Phi) is 8.88. The zero-order valence-electron chi connectivity index (χ0n) is 16.7. The molecule has 0 bridgehead atoms. The molecule has 1 aromatic carbocycles. The third-order valence-electron chi connectivity index (χ3n) is 4.49. The van der Waals surface area contributed by atoms with Crippen LogP contribution in [0.5, 0.6) is 11.5 Å². The quantitative estimate of drug-likeness (QED) is 0.407. The van der Waals surface area contributed by atoms with Crippen molar-refractivity contribution in [2.24, 2.45) is 0 Å². The summed E-state index contributed by atoms with van der Waals surface area (Å²) in [5.41, 5.74) is 0. The maximum absolute atomic E-state index is 12.0. The second-order valence-electron chi connectivity index (χ2n) is 6.74. The van der Waals surface area contributed by atoms with Crippen molar-refractivity contribution in [1.29, 1.82) is 0 Å². The first-order valence-electron chi connectivity index (χ1n) is 10.1. The highest BCUT2D eigenvalue weighted by Gasteiger charge is 2.15. The monoisotopic (exact) mass is 436 g/mol. The lowest BCUT2D eigenvalue weighted by Crippen LogP contribution is -2.29. The summed E-state index contributed by atoms with van der Waals surface area (Å²) in [5, 5.41) is 15.5. The second-order valence-corrected chi connectivity index (χ2v) is 8.94. The molecule has 29 heavy (non-hydrogen) atoms. The highest BCUT2D eigenvalue weighted by atomic mass is 32.2. The molecule has 0 spiro atoms. The Labute approximate surface area is 180 Å². The zero-order chi connectivity index (χ0) is 20.3. The van der Waals surface area contributed by atoms with Crippen LogP contribution in [-0.4, -0.2) is 47.7 Å². The van der Waals surface area contributed by atoms with Gasteiger partial charge in [-0.2, -0.15) is 0 Å². The van der Waals surface area contributed by atoms with Gasteiger partial charge in [0, 0.05) is 6.04 Å². The first-order chi connectivity index (χ1) is 14.2. The number of nitrogens with one attached hydrogen (secondary N) is 2. The van der Waals surface area contributed by atoms with E-state index in [0.29, 0.717) is 31.6 Å². The van der Waals surface area contributed by atoms with Crippen LogP contribution in [0.3, 0.4) is 0 Å². The average molecular weight is 437 g/mol. The molecule has 158 valence electrons. The molecule has 0 atom stereocenters. The minimum Gasteiger partial charge on any atom is -0.494 e. The summed E-state index contributed by atoms with van der Waals surface area (Å²) in [6, 6.07) is 7.96. The van der Waals surface area contributed by atoms with Crippen LogP contribution >= 0.6 is 23.1 Å². The largest absolute Gasteiger partial charge is 0.494 e. The van der Waals surface area contributed by atoms with E-state index >= 15 is 0 Å². The van der Waals surface area contributed by atoms with Crippen molar-refractivity contribution in [2.75, 3.05) is 30.8 Å². The fourth-order valence-corrected chi connectivity index (χ4v) is 4.74. The molecule has 1 heterocycles. The Balaban J connectivity index is 1.29. The molecule has 0 radical (unpaired) electrons. The van der Waals surface area contributed by atoms with Gasteiger partial charge in [-0.05, 0) is 44.0 Å². The number of carbonyl (C=O) groups is 1. The molecule has 0 aliphatic heterocycles. The van der Waals surface area contributed by atoms with Crippen LogP contribution in [0.1, 0.15) is 39.0 Å². The maximum atomic E-state index is 12.0. The van der Waals surface area contributed by atoms with E-state index in [1.165, 1.54) is 55.2 Å². The fraction of sp³-hybridized carbons (Fsp3) is 0.550. The summed E-state index contributed by atoms with van der Waals surface area (Å²) in [6.45, 7) is 3.46. The van der Waals surface area contributed by atoms with Gasteiger partial charge >= 0.3 is 0 Å². The topological polar surface area (TPSA) is 85.4 Å². The number of carbonyl (C=O) groups excluding carboxylic acids is 1. The Morgan fingerprint density at radius 2 is 1.86 bits per heavy atom. The van der Waals surface area contributed by atoms with Gasteiger partial charge in [-0.15, -0.1) is 10.2 Å². The molecular weight excluding hydrogens is 408 g/mol. The van der Waals surface area contributed by atoms with Crippen LogP contribution in [0.15, 0.2) is 28.6 Å². The van der Waals surface area contributed by atoms with E-state index in [2.05, 4.69) is 20.8 Å². The van der Waals surface area contributed by atoms with E-state index in [1.807, 2.05) is 31.2 Å². The number of nitrogens with zero attached hydrogens (tertiary/aromatic N) is 2. The van der Waals surface area contributed by atoms with Gasteiger partial charge in [0.25, 0.3) is 0 Å². The van der Waals surface area contributed by atoms with Gasteiger partial charge in [0.2, 0.25) is 11.0 Å². The number of amides is 1.